The van der Waals surface area contributed by atoms with Crippen molar-refractivity contribution in [2.45, 2.75) is 26.0 Å². The molecule has 2 N–H and O–H groups in total. The van der Waals surface area contributed by atoms with Gasteiger partial charge in [0.05, 0.1) is 0 Å². The number of nitrogens with zero attached hydrogens (tertiary/aromatic N) is 2. The molecule has 0 saturated carbocycles. The molecule has 0 aromatic rings. The van der Waals surface area contributed by atoms with Gasteiger partial charge < -0.3 is 9.92 Å². The molecule has 1 rings (SSSR count). The summed E-state index contributed by atoms with van der Waals surface area (Å²) in [5.41, 5.74) is 5.23. The summed E-state index contributed by atoms with van der Waals surface area (Å²) in [7, 11) is -2.33. The van der Waals surface area contributed by atoms with Crippen molar-refractivity contribution < 1.29 is 16.8 Å². The van der Waals surface area contributed by atoms with E-state index in [2.05, 4.69) is 9.18 Å². The predicted octanol–water partition coefficient (Wildman–Crippen LogP) is 0.0725. The number of nitrogens with two attached hydrogens (primary N) is 1. The van der Waals surface area contributed by atoms with Crippen LogP contribution in [0.1, 0.15) is 19.8 Å². The number of amidine groups is 1. The van der Waals surface area contributed by atoms with Crippen molar-refractivity contribution in [2.24, 2.45) is 10.7 Å². The lowest BCUT2D eigenvalue weighted by molar-refractivity contribution is 0.0754. The fourth-order valence-electron chi connectivity index (χ4n) is 1.44. The molecule has 0 radical (unpaired) electrons. The van der Waals surface area contributed by atoms with Crippen LogP contribution in [0.25, 0.3) is 0 Å². The molecule has 1 saturated heterocycles. The second-order valence-electron chi connectivity index (χ2n) is 3.48. The van der Waals surface area contributed by atoms with Gasteiger partial charge in [0.2, 0.25) is 0 Å². The van der Waals surface area contributed by atoms with Crippen molar-refractivity contribution in [3.8, 4) is 0 Å². The molecule has 17 heavy (non-hydrogen) atoms. The third-order valence-electron chi connectivity index (χ3n) is 2.18. The molecule has 0 aromatic carbocycles. The molecule has 1 aliphatic heterocycles. The molecule has 7 nitrogen and oxygen atoms in total. The Kier molecular flexibility index (Phi) is 6.76. The molecule has 1 atom stereocenters. The Morgan fingerprint density at radius 3 is 2.71 bits per heavy atom. The first kappa shape index (κ1) is 16.4. The van der Waals surface area contributed by atoms with Crippen molar-refractivity contribution in [1.82, 2.24) is 4.90 Å². The third-order valence-corrected chi connectivity index (χ3v) is 3.02. The van der Waals surface area contributed by atoms with Crippen LogP contribution in [0.15, 0.2) is 4.99 Å². The van der Waals surface area contributed by atoms with Crippen molar-refractivity contribution in [3.63, 3.8) is 0 Å². The first-order valence-electron chi connectivity index (χ1n) is 5.07. The Bertz CT molecular complexity index is 360. The molecular weight excluding hydrogens is 270 g/mol. The summed E-state index contributed by atoms with van der Waals surface area (Å²) in [4.78, 5) is 5.40. The van der Waals surface area contributed by atoms with Gasteiger partial charge in [-0.05, 0) is 26.8 Å². The van der Waals surface area contributed by atoms with Crippen LogP contribution in [0, 0.1) is 0 Å². The second kappa shape index (κ2) is 7.00. The van der Waals surface area contributed by atoms with Crippen molar-refractivity contribution in [3.05, 3.63) is 0 Å². The highest BCUT2D eigenvalue weighted by atomic mass is 35.5. The highest BCUT2D eigenvalue weighted by Gasteiger charge is 2.28. The van der Waals surface area contributed by atoms with E-state index in [1.807, 2.05) is 0 Å². The molecule has 0 aromatic heterocycles. The molecule has 102 valence electrons. The minimum absolute atomic E-state index is 0. The summed E-state index contributed by atoms with van der Waals surface area (Å²) >= 11 is 0. The van der Waals surface area contributed by atoms with Crippen LogP contribution in [-0.4, -0.2) is 45.7 Å². The topological polar surface area (TPSA) is 94.2 Å². The molecule has 1 aliphatic rings. The summed E-state index contributed by atoms with van der Waals surface area (Å²) in [5, 5.41) is 0. The van der Waals surface area contributed by atoms with E-state index in [0.29, 0.717) is 13.0 Å². The zero-order valence-corrected chi connectivity index (χ0v) is 11.5. The van der Waals surface area contributed by atoms with E-state index in [9.17, 15) is 8.42 Å². The smallest absolute Gasteiger partial charge is 0.353 e. The Labute approximate surface area is 108 Å². The van der Waals surface area contributed by atoms with Gasteiger partial charge in [0.1, 0.15) is 6.23 Å². The first-order valence-corrected chi connectivity index (χ1v) is 6.41. The summed E-state index contributed by atoms with van der Waals surface area (Å²) < 4.78 is 32.1. The number of hydrogen-bond acceptors (Lipinski definition) is 6. The summed E-state index contributed by atoms with van der Waals surface area (Å²) in [6.45, 7) is 2.87. The zero-order chi connectivity index (χ0) is 12.2. The highest BCUT2D eigenvalue weighted by molar-refractivity contribution is 7.82. The molecule has 0 spiro atoms. The fourth-order valence-corrected chi connectivity index (χ4v) is 2.26. The van der Waals surface area contributed by atoms with Crippen LogP contribution in [-0.2, 0) is 18.8 Å². The van der Waals surface area contributed by atoms with E-state index in [0.717, 1.165) is 13.0 Å². The van der Waals surface area contributed by atoms with E-state index in [1.54, 1.807) is 18.9 Å². The van der Waals surface area contributed by atoms with Gasteiger partial charge in [-0.3, -0.25) is 4.90 Å². The van der Waals surface area contributed by atoms with Crippen LogP contribution in [0.2, 0.25) is 0 Å². The molecule has 1 unspecified atom stereocenters. The van der Waals surface area contributed by atoms with Crippen LogP contribution < -0.4 is 5.73 Å². The number of hydrogen-bond donors (Lipinski definition) is 1. The quantitative estimate of drug-likeness (QED) is 0.581. The van der Waals surface area contributed by atoms with Crippen LogP contribution in [0.3, 0.4) is 0 Å². The maximum Gasteiger partial charge on any atom is 0.453 e. The summed E-state index contributed by atoms with van der Waals surface area (Å²) in [6.07, 6.45) is 1.08. The lowest BCUT2D eigenvalue weighted by Crippen LogP contribution is -2.32. The Morgan fingerprint density at radius 2 is 2.24 bits per heavy atom. The Morgan fingerprint density at radius 1 is 1.59 bits per heavy atom. The monoisotopic (exact) mass is 287 g/mol. The van der Waals surface area contributed by atoms with Gasteiger partial charge in [0.25, 0.3) is 0 Å². The van der Waals surface area contributed by atoms with Crippen LogP contribution in [0.4, 0.5) is 0 Å². The van der Waals surface area contributed by atoms with E-state index in [1.165, 1.54) is 0 Å². The summed E-state index contributed by atoms with van der Waals surface area (Å²) in [6, 6.07) is -0.400. The molecule has 1 heterocycles. The number of aliphatic imine (C=N–C) groups is 1. The van der Waals surface area contributed by atoms with Gasteiger partial charge in [-0.15, -0.1) is 12.4 Å². The van der Waals surface area contributed by atoms with Gasteiger partial charge in [0, 0.05) is 13.1 Å². The van der Waals surface area contributed by atoms with Crippen molar-refractivity contribution >= 4 is 28.8 Å². The number of likely N-dealkylation sites (tertiary alicyclic amines) is 1. The minimum Gasteiger partial charge on any atom is -0.353 e. The lowest BCUT2D eigenvalue weighted by atomic mass is 10.4. The molecule has 0 bridgehead atoms. The van der Waals surface area contributed by atoms with E-state index >= 15 is 0 Å². The lowest BCUT2D eigenvalue weighted by Gasteiger charge is -2.18. The molecular formula is C8H18ClN3O4S. The Balaban J connectivity index is 0.00000256. The van der Waals surface area contributed by atoms with Crippen LogP contribution in [0.5, 0.6) is 0 Å². The Hall–Kier alpha value is -0.570. The average molecular weight is 288 g/mol. The first-order chi connectivity index (χ1) is 7.44. The second-order valence-corrected chi connectivity index (χ2v) is 4.65. The standard InChI is InChI=1S/C8H17N3O4S.ClH/c1-3-10-8(9)15-16(12,13)14-7-5-4-6-11(7)2;/h7H,3-6H2,1-2H3,(H2,9,10);1H. The predicted molar refractivity (Wildman–Crippen MR) is 66.2 cm³/mol. The van der Waals surface area contributed by atoms with Gasteiger partial charge in [-0.2, -0.15) is 8.42 Å². The maximum atomic E-state index is 11.4. The van der Waals surface area contributed by atoms with E-state index in [4.69, 9.17) is 9.92 Å². The van der Waals surface area contributed by atoms with E-state index in [-0.39, 0.29) is 12.4 Å². The normalized spacial score (nSPS) is 22.2. The van der Waals surface area contributed by atoms with E-state index < -0.39 is 22.6 Å². The van der Waals surface area contributed by atoms with Crippen molar-refractivity contribution in [2.75, 3.05) is 20.1 Å². The van der Waals surface area contributed by atoms with Gasteiger partial charge in [0.15, 0.2) is 0 Å². The molecule has 0 aliphatic carbocycles. The highest BCUT2D eigenvalue weighted by Crippen LogP contribution is 2.18. The SMILES string of the molecule is CCN=C(N)OS(=O)(=O)OC1CCCN1C.Cl. The summed E-state index contributed by atoms with van der Waals surface area (Å²) in [5.74, 6) is 0. The molecule has 0 amide bonds. The largest absolute Gasteiger partial charge is 0.453 e. The molecule has 9 heteroatoms. The molecule has 1 fully saturated rings. The number of rotatable bonds is 4. The number of halogens is 1. The zero-order valence-electron chi connectivity index (χ0n) is 9.83. The fraction of sp³-hybridized carbons (Fsp3) is 0.875. The van der Waals surface area contributed by atoms with Gasteiger partial charge >= 0.3 is 16.4 Å². The van der Waals surface area contributed by atoms with Crippen molar-refractivity contribution in [1.29, 1.82) is 0 Å². The minimum atomic E-state index is -4.12. The van der Waals surface area contributed by atoms with Gasteiger partial charge in [-0.1, -0.05) is 0 Å². The maximum absolute atomic E-state index is 11.4. The average Bonchev–Trinajstić information content (AvgIpc) is 2.50. The third kappa shape index (κ3) is 5.53. The van der Waals surface area contributed by atoms with Crippen LogP contribution >= 0.6 is 12.4 Å². The van der Waals surface area contributed by atoms with Gasteiger partial charge in [-0.25, -0.2) is 9.18 Å².